The van der Waals surface area contributed by atoms with Gasteiger partial charge in [-0.2, -0.15) is 26.7 Å². The number of nitrogens with two attached hydrogens (primary N) is 1. The fraction of sp³-hybridized carbons (Fsp3) is 0.727. The first-order chi connectivity index (χ1) is 9.30. The Hall–Kier alpha value is -1.28. The van der Waals surface area contributed by atoms with Crippen molar-refractivity contribution in [2.45, 2.75) is 26.7 Å². The number of rotatable bonds is 10. The van der Waals surface area contributed by atoms with Crippen LogP contribution in [0.25, 0.3) is 0 Å². The van der Waals surface area contributed by atoms with E-state index in [1.807, 2.05) is 18.7 Å². The maximum atomic E-state index is 5.38. The van der Waals surface area contributed by atoms with Gasteiger partial charge in [0, 0.05) is 6.54 Å². The van der Waals surface area contributed by atoms with Crippen LogP contribution >= 0.6 is 11.8 Å². The molecule has 1 heterocycles. The van der Waals surface area contributed by atoms with Crippen molar-refractivity contribution in [2.75, 3.05) is 35.4 Å². The average Bonchev–Trinajstić information content (AvgIpc) is 2.44. The number of hydrazine groups is 1. The van der Waals surface area contributed by atoms with Crippen LogP contribution in [0.4, 0.5) is 11.9 Å². The van der Waals surface area contributed by atoms with E-state index >= 15 is 0 Å². The maximum Gasteiger partial charge on any atom is 0.323 e. The van der Waals surface area contributed by atoms with Gasteiger partial charge >= 0.3 is 6.01 Å². The molecule has 108 valence electrons. The summed E-state index contributed by atoms with van der Waals surface area (Å²) >= 11 is 1.91. The number of thioether (sulfide) groups is 1. The van der Waals surface area contributed by atoms with E-state index < -0.39 is 0 Å². The minimum absolute atomic E-state index is 0.287. The van der Waals surface area contributed by atoms with Gasteiger partial charge in [0.2, 0.25) is 11.9 Å². The number of hydrogen-bond donors (Lipinski definition) is 3. The molecule has 0 aliphatic heterocycles. The molecule has 0 aliphatic rings. The Balaban J connectivity index is 2.50. The Labute approximate surface area is 118 Å². The summed E-state index contributed by atoms with van der Waals surface area (Å²) in [6, 6.07) is 0.287. The number of anilines is 2. The molecule has 19 heavy (non-hydrogen) atoms. The smallest absolute Gasteiger partial charge is 0.323 e. The number of aromatic nitrogens is 3. The van der Waals surface area contributed by atoms with Gasteiger partial charge in [0.25, 0.3) is 0 Å². The van der Waals surface area contributed by atoms with Crippen molar-refractivity contribution in [3.63, 3.8) is 0 Å². The van der Waals surface area contributed by atoms with Gasteiger partial charge < -0.3 is 10.1 Å². The van der Waals surface area contributed by atoms with E-state index in [2.05, 4.69) is 32.6 Å². The third kappa shape index (κ3) is 6.44. The van der Waals surface area contributed by atoms with Crippen LogP contribution in [-0.2, 0) is 0 Å². The molecule has 7 nitrogen and oxygen atoms in total. The summed E-state index contributed by atoms with van der Waals surface area (Å²) in [5.74, 6) is 8.36. The molecule has 8 heteroatoms. The van der Waals surface area contributed by atoms with Gasteiger partial charge in [-0.15, -0.1) is 0 Å². The highest BCUT2D eigenvalue weighted by atomic mass is 32.2. The minimum atomic E-state index is 0.287. The largest absolute Gasteiger partial charge is 0.463 e. The van der Waals surface area contributed by atoms with Crippen LogP contribution in [0.3, 0.4) is 0 Å². The maximum absolute atomic E-state index is 5.38. The molecule has 0 spiro atoms. The molecule has 0 saturated carbocycles. The fourth-order valence-electron chi connectivity index (χ4n) is 1.28. The van der Waals surface area contributed by atoms with Crippen molar-refractivity contribution < 1.29 is 4.74 Å². The summed E-state index contributed by atoms with van der Waals surface area (Å²) in [5.41, 5.74) is 2.41. The molecular formula is C11H22N6OS. The summed E-state index contributed by atoms with van der Waals surface area (Å²) in [5, 5.41) is 3.14. The first kappa shape index (κ1) is 15.8. The van der Waals surface area contributed by atoms with Crippen LogP contribution in [0.15, 0.2) is 0 Å². The SMILES string of the molecule is CCCOc1nc(NN)nc(NCCCSCC)n1. The van der Waals surface area contributed by atoms with Gasteiger partial charge in [-0.3, -0.25) is 5.43 Å². The molecule has 0 fully saturated rings. The van der Waals surface area contributed by atoms with E-state index in [9.17, 15) is 0 Å². The molecule has 0 aliphatic carbocycles. The van der Waals surface area contributed by atoms with E-state index in [0.717, 1.165) is 30.9 Å². The minimum Gasteiger partial charge on any atom is -0.463 e. The van der Waals surface area contributed by atoms with Crippen molar-refractivity contribution >= 4 is 23.7 Å². The zero-order chi connectivity index (χ0) is 13.9. The first-order valence-corrected chi connectivity index (χ1v) is 7.62. The second-order valence-corrected chi connectivity index (χ2v) is 5.13. The Bertz CT molecular complexity index is 365. The van der Waals surface area contributed by atoms with E-state index in [0.29, 0.717) is 18.5 Å². The lowest BCUT2D eigenvalue weighted by Gasteiger charge is -2.08. The van der Waals surface area contributed by atoms with Crippen molar-refractivity contribution in [3.05, 3.63) is 0 Å². The molecule has 0 radical (unpaired) electrons. The molecule has 0 amide bonds. The number of nitrogens with zero attached hydrogens (tertiary/aromatic N) is 3. The normalized spacial score (nSPS) is 10.3. The third-order valence-corrected chi connectivity index (χ3v) is 3.12. The Morgan fingerprint density at radius 1 is 1.21 bits per heavy atom. The Morgan fingerprint density at radius 3 is 2.68 bits per heavy atom. The van der Waals surface area contributed by atoms with Crippen molar-refractivity contribution in [2.24, 2.45) is 5.84 Å². The summed E-state index contributed by atoms with van der Waals surface area (Å²) in [4.78, 5) is 12.3. The Kier molecular flexibility index (Phi) is 7.99. The monoisotopic (exact) mass is 286 g/mol. The van der Waals surface area contributed by atoms with Crippen molar-refractivity contribution in [3.8, 4) is 6.01 Å². The molecule has 0 unspecified atom stereocenters. The van der Waals surface area contributed by atoms with Gasteiger partial charge in [-0.05, 0) is 24.3 Å². The van der Waals surface area contributed by atoms with Gasteiger partial charge in [-0.1, -0.05) is 13.8 Å². The first-order valence-electron chi connectivity index (χ1n) is 6.47. The lowest BCUT2D eigenvalue weighted by molar-refractivity contribution is 0.292. The quantitative estimate of drug-likeness (QED) is 0.338. The lowest BCUT2D eigenvalue weighted by Crippen LogP contribution is -2.15. The summed E-state index contributed by atoms with van der Waals surface area (Å²) in [7, 11) is 0. The summed E-state index contributed by atoms with van der Waals surface area (Å²) in [6.07, 6.45) is 1.95. The molecule has 1 aromatic rings. The molecule has 0 saturated heterocycles. The molecule has 0 atom stereocenters. The van der Waals surface area contributed by atoms with Gasteiger partial charge in [0.1, 0.15) is 0 Å². The predicted octanol–water partition coefficient (Wildman–Crippen LogP) is 1.50. The highest BCUT2D eigenvalue weighted by Crippen LogP contribution is 2.11. The highest BCUT2D eigenvalue weighted by molar-refractivity contribution is 7.99. The zero-order valence-corrected chi connectivity index (χ0v) is 12.3. The average molecular weight is 286 g/mol. The molecule has 4 N–H and O–H groups in total. The van der Waals surface area contributed by atoms with Gasteiger partial charge in [-0.25, -0.2) is 5.84 Å². The van der Waals surface area contributed by atoms with Crippen LogP contribution in [0, 0.1) is 0 Å². The second-order valence-electron chi connectivity index (χ2n) is 3.74. The number of hydrogen-bond acceptors (Lipinski definition) is 8. The molecular weight excluding hydrogens is 264 g/mol. The second kappa shape index (κ2) is 9.62. The third-order valence-electron chi connectivity index (χ3n) is 2.13. The predicted molar refractivity (Wildman–Crippen MR) is 79.5 cm³/mol. The number of ether oxygens (including phenoxy) is 1. The number of nitrogens with one attached hydrogen (secondary N) is 2. The van der Waals surface area contributed by atoms with Crippen LogP contribution in [0.2, 0.25) is 0 Å². The van der Waals surface area contributed by atoms with E-state index in [-0.39, 0.29) is 6.01 Å². The zero-order valence-electron chi connectivity index (χ0n) is 11.5. The summed E-state index contributed by atoms with van der Waals surface area (Å²) < 4.78 is 5.38. The fourth-order valence-corrected chi connectivity index (χ4v) is 1.91. The van der Waals surface area contributed by atoms with Gasteiger partial charge in [0.05, 0.1) is 6.61 Å². The van der Waals surface area contributed by atoms with Crippen LogP contribution in [-0.4, -0.2) is 39.6 Å². The van der Waals surface area contributed by atoms with E-state index in [4.69, 9.17) is 10.6 Å². The Morgan fingerprint density at radius 2 is 2.00 bits per heavy atom. The van der Waals surface area contributed by atoms with Gasteiger partial charge in [0.15, 0.2) is 0 Å². The molecule has 0 bridgehead atoms. The van der Waals surface area contributed by atoms with E-state index in [1.165, 1.54) is 0 Å². The van der Waals surface area contributed by atoms with Crippen LogP contribution in [0.1, 0.15) is 26.7 Å². The molecule has 0 aromatic carbocycles. The van der Waals surface area contributed by atoms with Crippen LogP contribution < -0.4 is 21.3 Å². The topological polar surface area (TPSA) is 98.0 Å². The van der Waals surface area contributed by atoms with Crippen molar-refractivity contribution in [1.29, 1.82) is 0 Å². The van der Waals surface area contributed by atoms with Crippen LogP contribution in [0.5, 0.6) is 6.01 Å². The highest BCUT2D eigenvalue weighted by Gasteiger charge is 2.06. The molecule has 1 rings (SSSR count). The summed E-state index contributed by atoms with van der Waals surface area (Å²) in [6.45, 7) is 5.56. The lowest BCUT2D eigenvalue weighted by atomic mass is 10.5. The molecule has 1 aromatic heterocycles. The standard InChI is InChI=1S/C11H22N6OS/c1-3-7-18-11-15-9(14-10(16-11)17-12)13-6-5-8-19-4-2/h3-8,12H2,1-2H3,(H2,13,14,15,16,17). The van der Waals surface area contributed by atoms with E-state index in [1.54, 1.807) is 0 Å². The van der Waals surface area contributed by atoms with Crippen molar-refractivity contribution in [1.82, 2.24) is 15.0 Å². The number of nitrogen functional groups attached to an aromatic ring is 1.